The van der Waals surface area contributed by atoms with Gasteiger partial charge >= 0.3 is 0 Å². The molecule has 1 N–H and O–H groups in total. The van der Waals surface area contributed by atoms with Crippen molar-refractivity contribution in [2.45, 2.75) is 19.5 Å². The van der Waals surface area contributed by atoms with Crippen LogP contribution in [0.1, 0.15) is 24.2 Å². The molecule has 0 bridgehead atoms. The zero-order valence-corrected chi connectivity index (χ0v) is 12.2. The lowest BCUT2D eigenvalue weighted by molar-refractivity contribution is 0.391. The lowest BCUT2D eigenvalue weighted by atomic mass is 10.1. The molecule has 0 spiro atoms. The van der Waals surface area contributed by atoms with Gasteiger partial charge in [-0.05, 0) is 25.1 Å². The third kappa shape index (κ3) is 3.45. The summed E-state index contributed by atoms with van der Waals surface area (Å²) in [5.41, 5.74) is 3.98. The van der Waals surface area contributed by atoms with E-state index >= 15 is 0 Å². The van der Waals surface area contributed by atoms with Gasteiger partial charge in [-0.2, -0.15) is 0 Å². The van der Waals surface area contributed by atoms with E-state index in [1.807, 2.05) is 29.1 Å². The van der Waals surface area contributed by atoms with Gasteiger partial charge in [0.2, 0.25) is 0 Å². The van der Waals surface area contributed by atoms with Crippen LogP contribution >= 0.6 is 11.3 Å². The minimum Gasteiger partial charge on any atom is -0.497 e. The molecule has 1 aromatic carbocycles. The van der Waals surface area contributed by atoms with E-state index in [1.54, 1.807) is 25.6 Å². The summed E-state index contributed by atoms with van der Waals surface area (Å²) in [6.45, 7) is 2.84. The Morgan fingerprint density at radius 2 is 2.16 bits per heavy atom. The van der Waals surface area contributed by atoms with Crippen molar-refractivity contribution < 1.29 is 9.47 Å². The normalized spacial score (nSPS) is 12.2. The van der Waals surface area contributed by atoms with Crippen LogP contribution in [-0.4, -0.2) is 19.2 Å². The Labute approximate surface area is 117 Å². The van der Waals surface area contributed by atoms with Gasteiger partial charge < -0.3 is 14.8 Å². The van der Waals surface area contributed by atoms with Crippen LogP contribution < -0.4 is 14.8 Å². The average molecular weight is 278 g/mol. The summed E-state index contributed by atoms with van der Waals surface area (Å²) >= 11 is 1.60. The van der Waals surface area contributed by atoms with Crippen LogP contribution in [-0.2, 0) is 6.54 Å². The first-order valence-corrected chi connectivity index (χ1v) is 7.01. The summed E-state index contributed by atoms with van der Waals surface area (Å²) in [5, 5.41) is 5.48. The van der Waals surface area contributed by atoms with Crippen molar-refractivity contribution in [2.75, 3.05) is 14.2 Å². The van der Waals surface area contributed by atoms with Crippen LogP contribution in [0.5, 0.6) is 11.5 Å². The first kappa shape index (κ1) is 13.8. The molecule has 0 amide bonds. The highest BCUT2D eigenvalue weighted by atomic mass is 32.1. The van der Waals surface area contributed by atoms with Crippen molar-refractivity contribution in [1.82, 2.24) is 10.3 Å². The summed E-state index contributed by atoms with van der Waals surface area (Å²) in [7, 11) is 3.34. The highest BCUT2D eigenvalue weighted by molar-refractivity contribution is 7.07. The van der Waals surface area contributed by atoms with Crippen molar-refractivity contribution in [3.05, 3.63) is 40.3 Å². The third-order valence-electron chi connectivity index (χ3n) is 2.98. The molecule has 2 aromatic rings. The maximum absolute atomic E-state index is 5.39. The van der Waals surface area contributed by atoms with Crippen LogP contribution in [0.15, 0.2) is 29.1 Å². The molecule has 0 aliphatic heterocycles. The van der Waals surface area contributed by atoms with Gasteiger partial charge in [-0.15, -0.1) is 11.3 Å². The molecule has 0 saturated heterocycles. The topological polar surface area (TPSA) is 43.4 Å². The van der Waals surface area contributed by atoms with Gasteiger partial charge in [0, 0.05) is 23.5 Å². The molecule has 0 saturated carbocycles. The number of benzene rings is 1. The molecular formula is C14H18N2O2S. The Morgan fingerprint density at radius 3 is 2.79 bits per heavy atom. The van der Waals surface area contributed by atoms with E-state index in [4.69, 9.17) is 9.47 Å². The molecule has 19 heavy (non-hydrogen) atoms. The SMILES string of the molecule is COc1ccc(OC)c(C(C)NCc2cscn2)c1. The molecule has 5 heteroatoms. The molecule has 0 fully saturated rings. The summed E-state index contributed by atoms with van der Waals surface area (Å²) in [6, 6.07) is 5.98. The Bertz CT molecular complexity index is 514. The van der Waals surface area contributed by atoms with Gasteiger partial charge in [-0.1, -0.05) is 0 Å². The minimum absolute atomic E-state index is 0.159. The van der Waals surface area contributed by atoms with E-state index < -0.39 is 0 Å². The van der Waals surface area contributed by atoms with Gasteiger partial charge in [0.25, 0.3) is 0 Å². The lowest BCUT2D eigenvalue weighted by Gasteiger charge is -2.17. The number of ether oxygens (including phenoxy) is 2. The van der Waals surface area contributed by atoms with E-state index in [0.717, 1.165) is 29.3 Å². The molecule has 1 unspecified atom stereocenters. The van der Waals surface area contributed by atoms with Crippen LogP contribution in [0, 0.1) is 0 Å². The largest absolute Gasteiger partial charge is 0.497 e. The van der Waals surface area contributed by atoms with Gasteiger partial charge in [0.15, 0.2) is 0 Å². The molecule has 1 aromatic heterocycles. The van der Waals surface area contributed by atoms with Gasteiger partial charge in [0.1, 0.15) is 11.5 Å². The van der Waals surface area contributed by atoms with Crippen LogP contribution in [0.4, 0.5) is 0 Å². The van der Waals surface area contributed by atoms with Crippen molar-refractivity contribution in [2.24, 2.45) is 0 Å². The van der Waals surface area contributed by atoms with Gasteiger partial charge in [-0.3, -0.25) is 0 Å². The first-order valence-electron chi connectivity index (χ1n) is 6.07. The number of nitrogens with one attached hydrogen (secondary N) is 1. The highest BCUT2D eigenvalue weighted by Gasteiger charge is 2.12. The van der Waals surface area contributed by atoms with E-state index in [2.05, 4.69) is 17.2 Å². The second-order valence-electron chi connectivity index (χ2n) is 4.19. The third-order valence-corrected chi connectivity index (χ3v) is 3.61. The molecule has 0 aliphatic rings. The number of thiazole rings is 1. The molecule has 4 nitrogen and oxygen atoms in total. The maximum Gasteiger partial charge on any atom is 0.123 e. The Balaban J connectivity index is 2.10. The zero-order chi connectivity index (χ0) is 13.7. The lowest BCUT2D eigenvalue weighted by Crippen LogP contribution is -2.19. The van der Waals surface area contributed by atoms with Crippen molar-refractivity contribution in [3.8, 4) is 11.5 Å². The molecule has 102 valence electrons. The Kier molecular flexibility index (Phi) is 4.76. The highest BCUT2D eigenvalue weighted by Crippen LogP contribution is 2.29. The maximum atomic E-state index is 5.39. The summed E-state index contributed by atoms with van der Waals surface area (Å²) in [6.07, 6.45) is 0. The molecule has 1 atom stereocenters. The van der Waals surface area contributed by atoms with E-state index in [1.165, 1.54) is 0 Å². The first-order chi connectivity index (χ1) is 9.24. The number of hydrogen-bond acceptors (Lipinski definition) is 5. The molecule has 1 heterocycles. The van der Waals surface area contributed by atoms with Crippen LogP contribution in [0.2, 0.25) is 0 Å². The second kappa shape index (κ2) is 6.54. The van der Waals surface area contributed by atoms with Crippen molar-refractivity contribution >= 4 is 11.3 Å². The predicted molar refractivity (Wildman–Crippen MR) is 76.9 cm³/mol. The number of methoxy groups -OCH3 is 2. The molecular weight excluding hydrogens is 260 g/mol. The van der Waals surface area contributed by atoms with Crippen LogP contribution in [0.3, 0.4) is 0 Å². The van der Waals surface area contributed by atoms with E-state index in [-0.39, 0.29) is 6.04 Å². The van der Waals surface area contributed by atoms with Crippen molar-refractivity contribution in [1.29, 1.82) is 0 Å². The fourth-order valence-corrected chi connectivity index (χ4v) is 2.43. The van der Waals surface area contributed by atoms with Crippen LogP contribution in [0.25, 0.3) is 0 Å². The smallest absolute Gasteiger partial charge is 0.123 e. The van der Waals surface area contributed by atoms with E-state index in [9.17, 15) is 0 Å². The van der Waals surface area contributed by atoms with Crippen molar-refractivity contribution in [3.63, 3.8) is 0 Å². The number of nitrogens with zero attached hydrogens (tertiary/aromatic N) is 1. The van der Waals surface area contributed by atoms with E-state index in [0.29, 0.717) is 0 Å². The second-order valence-corrected chi connectivity index (χ2v) is 4.91. The fourth-order valence-electron chi connectivity index (χ4n) is 1.87. The molecule has 0 aliphatic carbocycles. The molecule has 2 rings (SSSR count). The summed E-state index contributed by atoms with van der Waals surface area (Å²) in [4.78, 5) is 4.26. The summed E-state index contributed by atoms with van der Waals surface area (Å²) in [5.74, 6) is 1.69. The quantitative estimate of drug-likeness (QED) is 0.882. The predicted octanol–water partition coefficient (Wildman–Crippen LogP) is 3.01. The summed E-state index contributed by atoms with van der Waals surface area (Å²) < 4.78 is 10.7. The molecule has 0 radical (unpaired) electrons. The average Bonchev–Trinajstić information content (AvgIpc) is 2.97. The zero-order valence-electron chi connectivity index (χ0n) is 11.3. The monoisotopic (exact) mass is 278 g/mol. The number of rotatable bonds is 6. The van der Waals surface area contributed by atoms with Gasteiger partial charge in [0.05, 0.1) is 25.4 Å². The standard InChI is InChI=1S/C14H18N2O2S/c1-10(15-7-11-8-19-9-16-11)13-6-12(17-2)4-5-14(13)18-3/h4-6,8-10,15H,7H2,1-3H3. The number of aromatic nitrogens is 1. The Hall–Kier alpha value is -1.59. The van der Waals surface area contributed by atoms with Gasteiger partial charge in [-0.25, -0.2) is 4.98 Å². The Morgan fingerprint density at radius 1 is 1.32 bits per heavy atom. The fraction of sp³-hybridized carbons (Fsp3) is 0.357. The minimum atomic E-state index is 0.159. The number of hydrogen-bond donors (Lipinski definition) is 1.